The minimum atomic E-state index is -4.95. The summed E-state index contributed by atoms with van der Waals surface area (Å²) in [7, 11) is -14.8. The molecule has 6 aromatic rings. The fraction of sp³-hybridized carbons (Fsp3) is 0.220. The third-order valence-corrected chi connectivity index (χ3v) is 13.4. The molecule has 0 aliphatic carbocycles. The number of hydrogen-bond donors (Lipinski definition) is 5. The zero-order valence-electron chi connectivity index (χ0n) is 42.7. The van der Waals surface area contributed by atoms with Crippen LogP contribution in [0, 0.1) is 6.92 Å². The van der Waals surface area contributed by atoms with Crippen molar-refractivity contribution in [1.29, 1.82) is 0 Å². The van der Waals surface area contributed by atoms with Crippen molar-refractivity contribution in [3.05, 3.63) is 89.5 Å². The Balaban J connectivity index is 0.00000507. The quantitative estimate of drug-likeness (QED) is 0.00676. The summed E-state index contributed by atoms with van der Waals surface area (Å²) in [6, 6.07) is 15.6. The average molecular weight is 1200 g/mol. The molecule has 0 aliphatic rings. The molecular formula is C41H42N12Na4O15S5. The number of hydrogen-bond acceptors (Lipinski definition) is 28. The summed E-state index contributed by atoms with van der Waals surface area (Å²) >= 11 is 4.76. The van der Waals surface area contributed by atoms with E-state index in [-0.39, 0.29) is 187 Å². The molecular weight excluding hydrogens is 1150 g/mol. The normalized spacial score (nSPS) is 11.3. The summed E-state index contributed by atoms with van der Waals surface area (Å²) in [4.78, 5) is 33.5. The maximum absolute atomic E-state index is 12.9. The zero-order valence-corrected chi connectivity index (χ0v) is 54.8. The van der Waals surface area contributed by atoms with Gasteiger partial charge in [0.2, 0.25) is 35.7 Å². The first-order valence-corrected chi connectivity index (χ1v) is 26.5. The molecule has 0 spiro atoms. The van der Waals surface area contributed by atoms with Gasteiger partial charge in [0.05, 0.1) is 33.2 Å². The number of aromatic nitrogens is 6. The molecule has 27 nitrogen and oxygen atoms in total. The van der Waals surface area contributed by atoms with E-state index in [2.05, 4.69) is 82.8 Å². The van der Waals surface area contributed by atoms with E-state index in [1.807, 2.05) is 27.7 Å². The molecule has 0 saturated carbocycles. The molecule has 6 rings (SSSR count). The predicted octanol–water partition coefficient (Wildman–Crippen LogP) is -6.79. The summed E-state index contributed by atoms with van der Waals surface area (Å²) in [6.07, 6.45) is 2.82. The van der Waals surface area contributed by atoms with Crippen LogP contribution in [0.4, 0.5) is 58.4 Å². The van der Waals surface area contributed by atoms with Crippen LogP contribution in [0.1, 0.15) is 44.4 Å². The van der Waals surface area contributed by atoms with Crippen molar-refractivity contribution in [2.24, 2.45) is 0 Å². The summed E-state index contributed by atoms with van der Waals surface area (Å²) in [5.41, 5.74) is 1.17. The second-order valence-corrected chi connectivity index (χ2v) is 19.7. The maximum atomic E-state index is 12.9. The average Bonchev–Trinajstić information content (AvgIpc) is 3.32. The van der Waals surface area contributed by atoms with Gasteiger partial charge in [0.15, 0.2) is 5.75 Å². The number of anilines is 10. The Morgan fingerprint density at radius 2 is 1.13 bits per heavy atom. The van der Waals surface area contributed by atoms with Crippen molar-refractivity contribution in [3.8, 4) is 5.75 Å². The molecule has 0 radical (unpaired) electrons. The second-order valence-electron chi connectivity index (χ2n) is 14.7. The van der Waals surface area contributed by atoms with Crippen LogP contribution >= 0.6 is 12.0 Å². The summed E-state index contributed by atoms with van der Waals surface area (Å²) in [5.74, 6) is -0.387. The Hall–Kier alpha value is -2.53. The van der Waals surface area contributed by atoms with Crippen LogP contribution in [0.25, 0.3) is 12.2 Å². The Morgan fingerprint density at radius 3 is 1.62 bits per heavy atom. The van der Waals surface area contributed by atoms with Gasteiger partial charge in [0, 0.05) is 42.4 Å². The van der Waals surface area contributed by atoms with Crippen LogP contribution in [0.2, 0.25) is 0 Å². The Labute approximate surface area is 541 Å². The van der Waals surface area contributed by atoms with Gasteiger partial charge in [0.1, 0.15) is 25.1 Å². The van der Waals surface area contributed by atoms with E-state index >= 15 is 0 Å². The van der Waals surface area contributed by atoms with Crippen LogP contribution < -0.4 is 159 Å². The SMILES string of the molecule is CCN(CC)c1nc(Nc2ccc(C=Cc3ccc(Nc4nc(Nc5cc(C)ccc5S(=O)(=O)[O-])nc(N(CC)CC)n4)cc3SOO[O-])c(S(=O)(=O)O)c2)nc(Nc2cc(S(=O)(=O)[O-])ccc2OOO[S-])n1.[Na+].[Na+].[Na+].[Na+]. The summed E-state index contributed by atoms with van der Waals surface area (Å²) in [5, 5.41) is 30.4. The van der Waals surface area contributed by atoms with E-state index in [4.69, 9.17) is 4.89 Å². The Bertz CT molecular complexity index is 3340. The molecule has 4 aromatic carbocycles. The van der Waals surface area contributed by atoms with Crippen molar-refractivity contribution in [1.82, 2.24) is 29.9 Å². The van der Waals surface area contributed by atoms with Gasteiger partial charge >= 0.3 is 118 Å². The first-order valence-electron chi connectivity index (χ1n) is 21.1. The van der Waals surface area contributed by atoms with Gasteiger partial charge in [-0.3, -0.25) is 9.59 Å². The molecule has 390 valence electrons. The summed E-state index contributed by atoms with van der Waals surface area (Å²) in [6.45, 7) is 10.9. The topological polar surface area (TPSA) is 370 Å². The number of aryl methyl sites for hydroxylation is 1. The molecule has 36 heteroatoms. The minimum Gasteiger partial charge on any atom is -0.744 e. The van der Waals surface area contributed by atoms with Crippen molar-refractivity contribution < 1.29 is 186 Å². The third kappa shape index (κ3) is 20.2. The van der Waals surface area contributed by atoms with Crippen LogP contribution in [0.5, 0.6) is 5.75 Å². The van der Waals surface area contributed by atoms with Crippen LogP contribution in [0.15, 0.2) is 92.4 Å². The van der Waals surface area contributed by atoms with Crippen molar-refractivity contribution >= 4 is 126 Å². The fourth-order valence-electron chi connectivity index (χ4n) is 6.62. The van der Waals surface area contributed by atoms with Crippen molar-refractivity contribution in [2.45, 2.75) is 54.2 Å². The van der Waals surface area contributed by atoms with Gasteiger partial charge in [-0.2, -0.15) is 42.7 Å². The van der Waals surface area contributed by atoms with Gasteiger partial charge in [-0.05, 0) is 111 Å². The van der Waals surface area contributed by atoms with Gasteiger partial charge in [0.25, 0.3) is 10.1 Å². The largest absolute Gasteiger partial charge is 1.00 e. The zero-order chi connectivity index (χ0) is 53.1. The van der Waals surface area contributed by atoms with Crippen LogP contribution in [-0.4, -0.2) is 95.0 Å². The third-order valence-electron chi connectivity index (χ3n) is 10.0. The first kappa shape index (κ1) is 70.6. The minimum absolute atomic E-state index is 0. The van der Waals surface area contributed by atoms with E-state index in [0.29, 0.717) is 55.0 Å². The van der Waals surface area contributed by atoms with E-state index in [0.717, 1.165) is 24.3 Å². The molecule has 0 bridgehead atoms. The number of benzene rings is 4. The smallest absolute Gasteiger partial charge is 0.744 e. The Kier molecular flexibility index (Phi) is 29.5. The maximum Gasteiger partial charge on any atom is 1.00 e. The predicted molar refractivity (Wildman–Crippen MR) is 263 cm³/mol. The van der Waals surface area contributed by atoms with Crippen LogP contribution in [0.3, 0.4) is 0 Å². The van der Waals surface area contributed by atoms with Gasteiger partial charge in [-0.1, -0.05) is 30.4 Å². The molecule has 0 atom stereocenters. The monoisotopic (exact) mass is 1190 g/mol. The molecule has 77 heavy (non-hydrogen) atoms. The Morgan fingerprint density at radius 1 is 0.623 bits per heavy atom. The van der Waals surface area contributed by atoms with Gasteiger partial charge in [-0.15, -0.1) is 0 Å². The van der Waals surface area contributed by atoms with E-state index in [1.165, 1.54) is 48.6 Å². The van der Waals surface area contributed by atoms with E-state index in [1.54, 1.807) is 28.9 Å². The molecule has 0 amide bonds. The second kappa shape index (κ2) is 32.2. The molecule has 0 saturated heterocycles. The van der Waals surface area contributed by atoms with Crippen molar-refractivity contribution in [3.63, 3.8) is 0 Å². The molecule has 0 aliphatic heterocycles. The number of nitrogens with zero attached hydrogens (tertiary/aromatic N) is 8. The molecule has 2 aromatic heterocycles. The summed E-state index contributed by atoms with van der Waals surface area (Å²) < 4.78 is 117. The van der Waals surface area contributed by atoms with E-state index in [9.17, 15) is 44.2 Å². The number of nitrogens with one attached hydrogen (secondary N) is 4. The van der Waals surface area contributed by atoms with Crippen LogP contribution in [-0.2, 0) is 62.0 Å². The van der Waals surface area contributed by atoms with Gasteiger partial charge < -0.3 is 67.6 Å². The standard InChI is InChI=1S/C41H46N12O15S5.4Na/c1-6-52(7-2)40-49-37(46-38(50-40)44-30-23-29(71(55,56)57)17-18-32(30)64-66-67-69)43-28-16-14-26(35(22-28)73(61,62)63)12-11-25-13-15-27(21-33(25)70-68-65-54)42-36-47-39(51-41(48-36)53(8-3)9-4)45-31-20-24(5)10-19-34(31)72(58,59)60;;;;/h10-23,54,69H,6-9H2,1-5H3,(H,55,56,57)(H,58,59,60)(H,61,62,63)(H2,42,45,47,48,51)(H2,43,44,46,49,50);;;;/q;4*+1/p-4. The van der Waals surface area contributed by atoms with Gasteiger partial charge in [-0.25, -0.2) is 16.8 Å². The first-order chi connectivity index (χ1) is 34.6. The fourth-order valence-corrected chi connectivity index (χ4v) is 8.98. The number of rotatable bonds is 25. The van der Waals surface area contributed by atoms with Crippen molar-refractivity contribution in [2.75, 3.05) is 57.2 Å². The molecule has 5 N–H and O–H groups in total. The van der Waals surface area contributed by atoms with E-state index < -0.39 is 45.0 Å². The molecule has 0 fully saturated rings. The molecule has 2 heterocycles. The molecule has 0 unspecified atom stereocenters.